The van der Waals surface area contributed by atoms with E-state index >= 15 is 0 Å². The first kappa shape index (κ1) is 13.4. The van der Waals surface area contributed by atoms with E-state index in [1.807, 2.05) is 0 Å². The van der Waals surface area contributed by atoms with E-state index < -0.39 is 0 Å². The molecule has 0 saturated heterocycles. The van der Waals surface area contributed by atoms with Crippen molar-refractivity contribution in [1.82, 2.24) is 0 Å². The van der Waals surface area contributed by atoms with Crippen molar-refractivity contribution in [3.05, 3.63) is 0 Å². The third-order valence-corrected chi connectivity index (χ3v) is 4.43. The van der Waals surface area contributed by atoms with Gasteiger partial charge in [0.05, 0.1) is 0 Å². The lowest BCUT2D eigenvalue weighted by Crippen LogP contribution is -2.31. The van der Waals surface area contributed by atoms with Gasteiger partial charge in [-0.15, -0.1) is 0 Å². The van der Waals surface area contributed by atoms with Crippen LogP contribution in [0.2, 0.25) is 0 Å². The average molecular weight is 228 g/mol. The van der Waals surface area contributed by atoms with Crippen molar-refractivity contribution in [2.75, 3.05) is 0 Å². The highest BCUT2D eigenvalue weighted by Crippen LogP contribution is 2.43. The molecule has 1 saturated carbocycles. The van der Waals surface area contributed by atoms with Crippen molar-refractivity contribution in [2.24, 2.45) is 17.3 Å². The van der Waals surface area contributed by atoms with E-state index in [1.54, 1.807) is 0 Å². The third kappa shape index (κ3) is 4.38. The quantitative estimate of drug-likeness (QED) is 0.604. The maximum absolute atomic E-state index is 4.85. The van der Waals surface area contributed by atoms with Crippen LogP contribution in [0.4, 0.5) is 0 Å². The highest BCUT2D eigenvalue weighted by molar-refractivity contribution is 7.81. The Hall–Kier alpha value is 0.350. The van der Waals surface area contributed by atoms with Gasteiger partial charge in [-0.3, -0.25) is 0 Å². The van der Waals surface area contributed by atoms with E-state index in [9.17, 15) is 0 Å². The number of thiol groups is 1. The van der Waals surface area contributed by atoms with E-state index in [2.05, 4.69) is 34.6 Å². The highest BCUT2D eigenvalue weighted by atomic mass is 32.1. The standard InChI is InChI=1S/C14H28S/c1-11(2)12-9-13(3,4)7-6-8-14(5,15)10-12/h11-12,15H,6-10H2,1-5H3. The van der Waals surface area contributed by atoms with Crippen LogP contribution in [0.15, 0.2) is 0 Å². The van der Waals surface area contributed by atoms with Gasteiger partial charge in [0.2, 0.25) is 0 Å². The van der Waals surface area contributed by atoms with Gasteiger partial charge in [-0.1, -0.05) is 41.0 Å². The second-order valence-corrected chi connectivity index (χ2v) is 8.01. The molecule has 0 aromatic heterocycles. The summed E-state index contributed by atoms with van der Waals surface area (Å²) in [6.45, 7) is 11.9. The van der Waals surface area contributed by atoms with Crippen molar-refractivity contribution >= 4 is 12.6 Å². The van der Waals surface area contributed by atoms with Crippen LogP contribution in [0, 0.1) is 17.3 Å². The molecule has 0 nitrogen and oxygen atoms in total. The first-order valence-corrected chi connectivity index (χ1v) is 6.89. The molecule has 0 spiro atoms. The Bertz CT molecular complexity index is 185. The second-order valence-electron chi connectivity index (χ2n) is 6.93. The Morgan fingerprint density at radius 1 is 1.07 bits per heavy atom. The van der Waals surface area contributed by atoms with E-state index in [1.165, 1.54) is 32.1 Å². The second kappa shape index (κ2) is 4.69. The molecule has 1 rings (SSSR count). The maximum atomic E-state index is 4.85. The van der Waals surface area contributed by atoms with Crippen LogP contribution >= 0.6 is 12.6 Å². The fraction of sp³-hybridized carbons (Fsp3) is 1.00. The van der Waals surface area contributed by atoms with Gasteiger partial charge in [-0.05, 0) is 42.9 Å². The fourth-order valence-corrected chi connectivity index (χ4v) is 3.36. The third-order valence-electron chi connectivity index (χ3n) is 4.03. The van der Waals surface area contributed by atoms with Crippen molar-refractivity contribution in [2.45, 2.75) is 71.5 Å². The first-order chi connectivity index (χ1) is 6.72. The first-order valence-electron chi connectivity index (χ1n) is 6.44. The van der Waals surface area contributed by atoms with Crippen molar-refractivity contribution in [3.63, 3.8) is 0 Å². The molecule has 0 aromatic rings. The summed E-state index contributed by atoms with van der Waals surface area (Å²) in [5.41, 5.74) is 0.541. The minimum absolute atomic E-state index is 0.269. The van der Waals surface area contributed by atoms with Gasteiger partial charge >= 0.3 is 0 Å². The zero-order valence-corrected chi connectivity index (χ0v) is 12.0. The molecule has 2 atom stereocenters. The predicted molar refractivity (Wildman–Crippen MR) is 72.6 cm³/mol. The molecule has 1 aliphatic carbocycles. The lowest BCUT2D eigenvalue weighted by Gasteiger charge is -2.40. The summed E-state index contributed by atoms with van der Waals surface area (Å²) in [7, 11) is 0. The lowest BCUT2D eigenvalue weighted by molar-refractivity contribution is 0.163. The molecule has 2 unspecified atom stereocenters. The predicted octanol–water partition coefficient (Wildman–Crippen LogP) is 4.94. The Morgan fingerprint density at radius 2 is 1.67 bits per heavy atom. The topological polar surface area (TPSA) is 0 Å². The van der Waals surface area contributed by atoms with E-state index in [4.69, 9.17) is 12.6 Å². The molecule has 0 aliphatic heterocycles. The Kier molecular flexibility index (Phi) is 4.20. The minimum atomic E-state index is 0.269. The largest absolute Gasteiger partial charge is 0.173 e. The van der Waals surface area contributed by atoms with Gasteiger partial charge in [0.15, 0.2) is 0 Å². The van der Waals surface area contributed by atoms with Gasteiger partial charge in [0.1, 0.15) is 0 Å². The normalized spacial score (nSPS) is 37.4. The Morgan fingerprint density at radius 3 is 2.20 bits per heavy atom. The zero-order valence-electron chi connectivity index (χ0n) is 11.1. The van der Waals surface area contributed by atoms with Crippen molar-refractivity contribution in [1.29, 1.82) is 0 Å². The van der Waals surface area contributed by atoms with Crippen LogP contribution < -0.4 is 0 Å². The van der Waals surface area contributed by atoms with Crippen LogP contribution in [-0.2, 0) is 0 Å². The summed E-state index contributed by atoms with van der Waals surface area (Å²) in [5, 5.41) is 0. The molecule has 0 amide bonds. The van der Waals surface area contributed by atoms with E-state index in [0.29, 0.717) is 5.41 Å². The Labute approximate surface area is 102 Å². The van der Waals surface area contributed by atoms with Crippen LogP contribution in [0.25, 0.3) is 0 Å². The molecular weight excluding hydrogens is 200 g/mol. The summed E-state index contributed by atoms with van der Waals surface area (Å²) in [6, 6.07) is 0. The summed E-state index contributed by atoms with van der Waals surface area (Å²) in [5.74, 6) is 1.65. The molecule has 15 heavy (non-hydrogen) atoms. The van der Waals surface area contributed by atoms with E-state index in [-0.39, 0.29) is 4.75 Å². The van der Waals surface area contributed by atoms with Crippen LogP contribution in [0.3, 0.4) is 0 Å². The van der Waals surface area contributed by atoms with Gasteiger partial charge in [0, 0.05) is 4.75 Å². The average Bonchev–Trinajstić information content (AvgIpc) is 1.98. The van der Waals surface area contributed by atoms with Gasteiger partial charge < -0.3 is 0 Å². The van der Waals surface area contributed by atoms with Crippen LogP contribution in [0.1, 0.15) is 66.7 Å². The smallest absolute Gasteiger partial charge is 0.0104 e. The number of hydrogen-bond acceptors (Lipinski definition) is 1. The van der Waals surface area contributed by atoms with Gasteiger partial charge in [-0.25, -0.2) is 0 Å². The Balaban J connectivity index is 2.73. The minimum Gasteiger partial charge on any atom is -0.173 e. The molecule has 90 valence electrons. The van der Waals surface area contributed by atoms with Crippen molar-refractivity contribution in [3.8, 4) is 0 Å². The molecule has 0 N–H and O–H groups in total. The molecule has 0 heterocycles. The summed E-state index contributed by atoms with van der Waals surface area (Å²) < 4.78 is 0.269. The summed E-state index contributed by atoms with van der Waals surface area (Å²) in [4.78, 5) is 0. The number of rotatable bonds is 1. The molecular formula is C14H28S. The molecule has 0 aromatic carbocycles. The number of hydrogen-bond donors (Lipinski definition) is 1. The van der Waals surface area contributed by atoms with E-state index in [0.717, 1.165) is 11.8 Å². The van der Waals surface area contributed by atoms with Gasteiger partial charge in [-0.2, -0.15) is 12.6 Å². The molecule has 0 radical (unpaired) electrons. The molecule has 0 bridgehead atoms. The molecule has 1 heteroatoms. The maximum Gasteiger partial charge on any atom is 0.0104 e. The van der Waals surface area contributed by atoms with Crippen LogP contribution in [0.5, 0.6) is 0 Å². The molecule has 1 aliphatic rings. The summed E-state index contributed by atoms with van der Waals surface area (Å²) >= 11 is 4.85. The van der Waals surface area contributed by atoms with Gasteiger partial charge in [0.25, 0.3) is 0 Å². The lowest BCUT2D eigenvalue weighted by atomic mass is 9.69. The summed E-state index contributed by atoms with van der Waals surface area (Å²) in [6.07, 6.45) is 6.66. The highest BCUT2D eigenvalue weighted by Gasteiger charge is 2.33. The van der Waals surface area contributed by atoms with Crippen LogP contribution in [-0.4, -0.2) is 4.75 Å². The monoisotopic (exact) mass is 228 g/mol. The zero-order chi connectivity index (χ0) is 11.7. The van der Waals surface area contributed by atoms with Crippen molar-refractivity contribution < 1.29 is 0 Å². The SMILES string of the molecule is CC(C)C1CC(C)(C)CCCC(C)(S)C1. The fourth-order valence-electron chi connectivity index (χ4n) is 2.97. The molecule has 1 fully saturated rings.